The van der Waals surface area contributed by atoms with Gasteiger partial charge in [0.15, 0.2) is 5.65 Å². The lowest BCUT2D eigenvalue weighted by Crippen LogP contribution is -2.22. The van der Waals surface area contributed by atoms with Crippen molar-refractivity contribution in [2.24, 2.45) is 0 Å². The maximum absolute atomic E-state index is 9.92. The summed E-state index contributed by atoms with van der Waals surface area (Å²) >= 11 is 0. The monoisotopic (exact) mass is 444 g/mol. The van der Waals surface area contributed by atoms with Gasteiger partial charge in [-0.3, -0.25) is 0 Å². The van der Waals surface area contributed by atoms with Crippen LogP contribution in [0.2, 0.25) is 0 Å². The van der Waals surface area contributed by atoms with Gasteiger partial charge >= 0.3 is 0 Å². The Hall–Kier alpha value is -3.65. The molecule has 0 atom stereocenters. The van der Waals surface area contributed by atoms with Crippen LogP contribution >= 0.6 is 0 Å². The van der Waals surface area contributed by atoms with E-state index >= 15 is 0 Å². The standard InChI is InChI=1S/C25H28N6O2/c1-33-21-13-17(7-12-20(21)27-14-16-5-3-2-4-6-16)23-22-24(26)28-15-29-25(22)31(30-23)18-8-10-19(32)11-9-18/h2-7,12-13,15,18-19,27,32H,8-11,14H2,1H3,(H2,26,28,29). The SMILES string of the molecule is COc1cc(-c2nn(C3CCC(O)CC3)c3ncnc(N)c23)ccc1NCc1ccccc1. The van der Waals surface area contributed by atoms with E-state index in [2.05, 4.69) is 27.4 Å². The minimum Gasteiger partial charge on any atom is -0.495 e. The fourth-order valence-electron chi connectivity index (χ4n) is 4.53. The smallest absolute Gasteiger partial charge is 0.164 e. The average Bonchev–Trinajstić information content (AvgIpc) is 3.25. The zero-order chi connectivity index (χ0) is 22.8. The lowest BCUT2D eigenvalue weighted by Gasteiger charge is -2.25. The molecule has 1 fully saturated rings. The molecule has 2 heterocycles. The number of fused-ring (bicyclic) bond motifs is 1. The summed E-state index contributed by atoms with van der Waals surface area (Å²) in [6.45, 7) is 0.697. The van der Waals surface area contributed by atoms with E-state index in [0.717, 1.165) is 59.4 Å². The molecule has 5 rings (SSSR count). The fourth-order valence-corrected chi connectivity index (χ4v) is 4.53. The molecule has 4 N–H and O–H groups in total. The van der Waals surface area contributed by atoms with Gasteiger partial charge in [-0.05, 0) is 43.4 Å². The van der Waals surface area contributed by atoms with Gasteiger partial charge in [0.05, 0.1) is 30.3 Å². The minimum atomic E-state index is -0.234. The van der Waals surface area contributed by atoms with Crippen LogP contribution in [0, 0.1) is 0 Å². The molecule has 1 aliphatic rings. The van der Waals surface area contributed by atoms with Gasteiger partial charge in [-0.2, -0.15) is 5.10 Å². The van der Waals surface area contributed by atoms with Crippen LogP contribution in [-0.2, 0) is 6.54 Å². The molecule has 1 saturated carbocycles. The van der Waals surface area contributed by atoms with E-state index in [0.29, 0.717) is 12.4 Å². The molecule has 2 aromatic heterocycles. The highest BCUT2D eigenvalue weighted by atomic mass is 16.5. The maximum Gasteiger partial charge on any atom is 0.164 e. The summed E-state index contributed by atoms with van der Waals surface area (Å²) in [5.41, 5.74) is 10.7. The van der Waals surface area contributed by atoms with Crippen molar-refractivity contribution in [2.75, 3.05) is 18.2 Å². The Morgan fingerprint density at radius 1 is 1.09 bits per heavy atom. The van der Waals surface area contributed by atoms with Gasteiger partial charge in [0.25, 0.3) is 0 Å². The van der Waals surface area contributed by atoms with Gasteiger partial charge in [0.1, 0.15) is 23.6 Å². The number of aliphatic hydroxyl groups excluding tert-OH is 1. The molecule has 0 saturated heterocycles. The van der Waals surface area contributed by atoms with E-state index in [1.807, 2.05) is 41.1 Å². The average molecular weight is 445 g/mol. The molecule has 8 nitrogen and oxygen atoms in total. The third kappa shape index (κ3) is 4.21. The van der Waals surface area contributed by atoms with Gasteiger partial charge < -0.3 is 20.9 Å². The molecule has 1 aliphatic carbocycles. The first-order chi connectivity index (χ1) is 16.1. The van der Waals surface area contributed by atoms with Crippen LogP contribution in [0.1, 0.15) is 37.3 Å². The van der Waals surface area contributed by atoms with Crippen LogP contribution < -0.4 is 15.8 Å². The van der Waals surface area contributed by atoms with E-state index in [-0.39, 0.29) is 12.1 Å². The number of hydrogen-bond acceptors (Lipinski definition) is 7. The Balaban J connectivity index is 1.51. The molecular formula is C25H28N6O2. The summed E-state index contributed by atoms with van der Waals surface area (Å²) in [6.07, 6.45) is 4.48. The van der Waals surface area contributed by atoms with E-state index in [1.54, 1.807) is 7.11 Å². The van der Waals surface area contributed by atoms with Crippen LogP contribution in [0.4, 0.5) is 11.5 Å². The summed E-state index contributed by atoms with van der Waals surface area (Å²) in [6, 6.07) is 16.4. The second kappa shape index (κ2) is 9.07. The van der Waals surface area contributed by atoms with Crippen molar-refractivity contribution in [3.05, 3.63) is 60.4 Å². The third-order valence-electron chi connectivity index (χ3n) is 6.33. The largest absolute Gasteiger partial charge is 0.495 e. The summed E-state index contributed by atoms with van der Waals surface area (Å²) in [7, 11) is 1.66. The molecule has 2 aromatic carbocycles. The number of nitrogens with one attached hydrogen (secondary N) is 1. The summed E-state index contributed by atoms with van der Waals surface area (Å²) in [5.74, 6) is 1.13. The molecule has 0 aliphatic heterocycles. The number of methoxy groups -OCH3 is 1. The fraction of sp³-hybridized carbons (Fsp3) is 0.320. The first kappa shape index (κ1) is 21.2. The number of anilines is 2. The van der Waals surface area contributed by atoms with E-state index < -0.39 is 0 Å². The molecule has 0 amide bonds. The van der Waals surface area contributed by atoms with E-state index in [1.165, 1.54) is 11.9 Å². The Kier molecular flexibility index (Phi) is 5.83. The molecule has 4 aromatic rings. The molecule has 33 heavy (non-hydrogen) atoms. The number of ether oxygens (including phenoxy) is 1. The molecule has 0 bridgehead atoms. The lowest BCUT2D eigenvalue weighted by molar-refractivity contribution is 0.109. The highest BCUT2D eigenvalue weighted by Gasteiger charge is 2.26. The first-order valence-electron chi connectivity index (χ1n) is 11.3. The van der Waals surface area contributed by atoms with Gasteiger partial charge in [-0.1, -0.05) is 36.4 Å². The molecule has 0 spiro atoms. The zero-order valence-electron chi connectivity index (χ0n) is 18.6. The van der Waals surface area contributed by atoms with E-state index in [4.69, 9.17) is 15.6 Å². The Morgan fingerprint density at radius 2 is 1.88 bits per heavy atom. The predicted octanol–water partition coefficient (Wildman–Crippen LogP) is 4.17. The highest BCUT2D eigenvalue weighted by molar-refractivity contribution is 5.98. The number of hydrogen-bond donors (Lipinski definition) is 3. The van der Waals surface area contributed by atoms with Crippen molar-refractivity contribution >= 4 is 22.5 Å². The summed E-state index contributed by atoms with van der Waals surface area (Å²) in [5, 5.41) is 19.1. The van der Waals surface area contributed by atoms with Crippen LogP contribution in [-0.4, -0.2) is 38.1 Å². The molecule has 0 radical (unpaired) electrons. The van der Waals surface area contributed by atoms with Gasteiger partial charge in [-0.15, -0.1) is 0 Å². The van der Waals surface area contributed by atoms with Gasteiger partial charge in [0.2, 0.25) is 0 Å². The van der Waals surface area contributed by atoms with Crippen molar-refractivity contribution in [3.8, 4) is 17.0 Å². The number of nitrogens with two attached hydrogens (primary N) is 1. The van der Waals surface area contributed by atoms with Crippen molar-refractivity contribution in [2.45, 2.75) is 44.4 Å². The maximum atomic E-state index is 9.92. The van der Waals surface area contributed by atoms with Crippen molar-refractivity contribution in [1.82, 2.24) is 19.7 Å². The number of nitrogen functional groups attached to an aromatic ring is 1. The Morgan fingerprint density at radius 3 is 2.64 bits per heavy atom. The Labute approximate surface area is 192 Å². The molecule has 0 unspecified atom stereocenters. The normalized spacial score (nSPS) is 18.4. The summed E-state index contributed by atoms with van der Waals surface area (Å²) < 4.78 is 7.65. The number of rotatable bonds is 6. The minimum absolute atomic E-state index is 0.174. The zero-order valence-corrected chi connectivity index (χ0v) is 18.6. The van der Waals surface area contributed by atoms with Crippen LogP contribution in [0.15, 0.2) is 54.9 Å². The number of benzene rings is 2. The number of aliphatic hydroxyl groups is 1. The number of nitrogens with zero attached hydrogens (tertiary/aromatic N) is 4. The van der Waals surface area contributed by atoms with Crippen molar-refractivity contribution in [3.63, 3.8) is 0 Å². The van der Waals surface area contributed by atoms with Crippen LogP contribution in [0.25, 0.3) is 22.3 Å². The van der Waals surface area contributed by atoms with Crippen molar-refractivity contribution < 1.29 is 9.84 Å². The second-order valence-electron chi connectivity index (χ2n) is 8.47. The van der Waals surface area contributed by atoms with Crippen LogP contribution in [0.3, 0.4) is 0 Å². The van der Waals surface area contributed by atoms with Crippen LogP contribution in [0.5, 0.6) is 5.75 Å². The van der Waals surface area contributed by atoms with Crippen molar-refractivity contribution in [1.29, 1.82) is 0 Å². The van der Waals surface area contributed by atoms with E-state index in [9.17, 15) is 5.11 Å². The van der Waals surface area contributed by atoms with Gasteiger partial charge in [-0.25, -0.2) is 14.6 Å². The highest BCUT2D eigenvalue weighted by Crippen LogP contribution is 2.38. The Bertz CT molecular complexity index is 1250. The second-order valence-corrected chi connectivity index (χ2v) is 8.47. The topological polar surface area (TPSA) is 111 Å². The summed E-state index contributed by atoms with van der Waals surface area (Å²) in [4.78, 5) is 8.73. The predicted molar refractivity (Wildman–Crippen MR) is 129 cm³/mol. The number of aromatic nitrogens is 4. The molecule has 170 valence electrons. The quantitative estimate of drug-likeness (QED) is 0.409. The first-order valence-corrected chi connectivity index (χ1v) is 11.3. The molecular weight excluding hydrogens is 416 g/mol. The third-order valence-corrected chi connectivity index (χ3v) is 6.33. The molecule has 8 heteroatoms. The lowest BCUT2D eigenvalue weighted by atomic mass is 9.93. The van der Waals surface area contributed by atoms with Gasteiger partial charge in [0, 0.05) is 12.1 Å².